The molecule has 0 saturated heterocycles. The number of hydrogen-bond acceptors (Lipinski definition) is 7. The molecule has 14 heteroatoms. The molecule has 0 spiro atoms. The maximum absolute atomic E-state index is 12.9. The molecule has 0 radical (unpaired) electrons. The fourth-order valence-electron chi connectivity index (χ4n) is 3.95. The van der Waals surface area contributed by atoms with Crippen LogP contribution in [0.3, 0.4) is 0 Å². The SMILES string of the molecule is COc1ccc(NC(=O)c2cccc(C(CC#N)n3cc(-c4ncnc5[nH]ccc45)cn3)c2)cc1.O=C(O)C(F)(F)F. The lowest BCUT2D eigenvalue weighted by Gasteiger charge is -2.16. The maximum Gasteiger partial charge on any atom is 0.490 e. The third-order valence-electron chi connectivity index (χ3n) is 5.96. The van der Waals surface area contributed by atoms with Crippen LogP contribution in [0.25, 0.3) is 22.3 Å². The van der Waals surface area contributed by atoms with Gasteiger partial charge in [0.2, 0.25) is 0 Å². The van der Waals surface area contributed by atoms with Crippen LogP contribution in [0.1, 0.15) is 28.4 Å². The summed E-state index contributed by atoms with van der Waals surface area (Å²) in [4.78, 5) is 33.5. The largest absolute Gasteiger partial charge is 0.497 e. The number of methoxy groups -OCH3 is 1. The Hall–Kier alpha value is -5.71. The van der Waals surface area contributed by atoms with Crippen molar-refractivity contribution in [3.63, 3.8) is 0 Å². The first-order valence-corrected chi connectivity index (χ1v) is 12.2. The lowest BCUT2D eigenvalue weighted by molar-refractivity contribution is -0.192. The van der Waals surface area contributed by atoms with Gasteiger partial charge < -0.3 is 20.1 Å². The quantitative estimate of drug-likeness (QED) is 0.238. The number of benzene rings is 2. The summed E-state index contributed by atoms with van der Waals surface area (Å²) in [5.74, 6) is -2.29. The number of aromatic amines is 1. The standard InChI is InChI=1S/C26H21N7O2.C2HF3O2/c1-35-21-7-5-20(6-8-21)32-26(34)18-4-2-3-17(13-18)23(9-11-27)33-15-19(14-31-33)24-22-10-12-28-25(22)30-16-29-24;3-2(4,5)1(6)7/h2-8,10,12-16,23H,9H2,1H3,(H,32,34)(H,28,29,30);(H,6,7). The minimum atomic E-state index is -5.08. The average molecular weight is 578 g/mol. The lowest BCUT2D eigenvalue weighted by atomic mass is 10.0. The molecular formula is C28H22F3N7O4. The fraction of sp³-hybridized carbons (Fsp3) is 0.143. The van der Waals surface area contributed by atoms with Crippen molar-refractivity contribution in [1.82, 2.24) is 24.7 Å². The van der Waals surface area contributed by atoms with Crippen molar-refractivity contribution < 1.29 is 32.6 Å². The summed E-state index contributed by atoms with van der Waals surface area (Å²) in [5, 5.41) is 24.9. The molecule has 1 atom stereocenters. The molecule has 0 aliphatic heterocycles. The molecule has 11 nitrogen and oxygen atoms in total. The predicted octanol–water partition coefficient (Wildman–Crippen LogP) is 5.22. The molecule has 0 fully saturated rings. The van der Waals surface area contributed by atoms with Gasteiger partial charge in [-0.15, -0.1) is 0 Å². The highest BCUT2D eigenvalue weighted by atomic mass is 19.4. The summed E-state index contributed by atoms with van der Waals surface area (Å²) in [6.07, 6.45) is 2.01. The van der Waals surface area contributed by atoms with Crippen LogP contribution in [-0.2, 0) is 4.79 Å². The number of ether oxygens (including phenoxy) is 1. The van der Waals surface area contributed by atoms with E-state index in [-0.39, 0.29) is 18.4 Å². The van der Waals surface area contributed by atoms with E-state index in [1.165, 1.54) is 6.33 Å². The molecule has 1 unspecified atom stereocenters. The number of anilines is 1. The summed E-state index contributed by atoms with van der Waals surface area (Å²) in [6, 6.07) is 18.1. The molecule has 0 bridgehead atoms. The second-order valence-electron chi connectivity index (χ2n) is 8.66. The Bertz CT molecular complexity index is 1740. The first-order chi connectivity index (χ1) is 20.1. The van der Waals surface area contributed by atoms with Crippen LogP contribution in [0.4, 0.5) is 18.9 Å². The van der Waals surface area contributed by atoms with Gasteiger partial charge in [0.15, 0.2) is 0 Å². The lowest BCUT2D eigenvalue weighted by Crippen LogP contribution is -2.21. The Morgan fingerprint density at radius 1 is 1.17 bits per heavy atom. The number of nitrogens with one attached hydrogen (secondary N) is 2. The molecule has 5 rings (SSSR count). The Labute approximate surface area is 236 Å². The molecular weight excluding hydrogens is 555 g/mol. The number of alkyl halides is 3. The van der Waals surface area contributed by atoms with Gasteiger partial charge in [-0.2, -0.15) is 23.5 Å². The van der Waals surface area contributed by atoms with Gasteiger partial charge in [-0.1, -0.05) is 12.1 Å². The van der Waals surface area contributed by atoms with E-state index in [1.807, 2.05) is 24.5 Å². The molecule has 42 heavy (non-hydrogen) atoms. The Morgan fingerprint density at radius 2 is 1.90 bits per heavy atom. The van der Waals surface area contributed by atoms with Gasteiger partial charge in [0.25, 0.3) is 5.91 Å². The van der Waals surface area contributed by atoms with Gasteiger partial charge in [-0.3, -0.25) is 9.48 Å². The number of carbonyl (C=O) groups is 2. The van der Waals surface area contributed by atoms with E-state index in [2.05, 4.69) is 31.4 Å². The number of fused-ring (bicyclic) bond motifs is 1. The van der Waals surface area contributed by atoms with Crippen molar-refractivity contribution in [1.29, 1.82) is 5.26 Å². The minimum absolute atomic E-state index is 0.189. The number of nitriles is 1. The number of carboxylic acid groups (broad SMARTS) is 1. The number of carboxylic acids is 1. The third kappa shape index (κ3) is 6.89. The molecule has 0 aliphatic carbocycles. The van der Waals surface area contributed by atoms with Gasteiger partial charge in [-0.05, 0) is 48.0 Å². The van der Waals surface area contributed by atoms with E-state index in [4.69, 9.17) is 14.6 Å². The zero-order chi connectivity index (χ0) is 30.3. The summed E-state index contributed by atoms with van der Waals surface area (Å²) in [5.41, 5.74) is 4.26. The third-order valence-corrected chi connectivity index (χ3v) is 5.96. The molecule has 0 saturated carbocycles. The van der Waals surface area contributed by atoms with Crippen LogP contribution in [0.2, 0.25) is 0 Å². The Kier molecular flexibility index (Phi) is 8.81. The number of aliphatic carboxylic acids is 1. The van der Waals surface area contributed by atoms with Crippen LogP contribution in [0, 0.1) is 11.3 Å². The second-order valence-corrected chi connectivity index (χ2v) is 8.66. The first kappa shape index (κ1) is 29.3. The van der Waals surface area contributed by atoms with Crippen LogP contribution in [0.5, 0.6) is 5.75 Å². The zero-order valence-corrected chi connectivity index (χ0v) is 21.8. The summed E-state index contributed by atoms with van der Waals surface area (Å²) >= 11 is 0. The van der Waals surface area contributed by atoms with Gasteiger partial charge in [0.1, 0.15) is 17.7 Å². The van der Waals surface area contributed by atoms with Crippen molar-refractivity contribution >= 4 is 28.6 Å². The highest BCUT2D eigenvalue weighted by Crippen LogP contribution is 2.28. The van der Waals surface area contributed by atoms with Crippen molar-refractivity contribution in [2.45, 2.75) is 18.6 Å². The number of carbonyl (C=O) groups excluding carboxylic acids is 1. The Morgan fingerprint density at radius 3 is 2.57 bits per heavy atom. The monoisotopic (exact) mass is 577 g/mol. The summed E-state index contributed by atoms with van der Waals surface area (Å²) < 4.78 is 38.6. The van der Waals surface area contributed by atoms with Crippen LogP contribution in [0.15, 0.2) is 79.5 Å². The van der Waals surface area contributed by atoms with Gasteiger partial charge in [0.05, 0.1) is 37.5 Å². The van der Waals surface area contributed by atoms with Gasteiger partial charge >= 0.3 is 12.1 Å². The molecule has 3 heterocycles. The number of nitrogens with zero attached hydrogens (tertiary/aromatic N) is 5. The average Bonchev–Trinajstić information content (AvgIpc) is 3.66. The van der Waals surface area contributed by atoms with Crippen LogP contribution in [-0.4, -0.2) is 55.0 Å². The maximum atomic E-state index is 12.9. The number of amides is 1. The van der Waals surface area contributed by atoms with E-state index >= 15 is 0 Å². The smallest absolute Gasteiger partial charge is 0.490 e. The molecule has 0 aliphatic rings. The highest BCUT2D eigenvalue weighted by Gasteiger charge is 2.38. The molecule has 3 N–H and O–H groups in total. The number of rotatable bonds is 7. The highest BCUT2D eigenvalue weighted by molar-refractivity contribution is 6.04. The van der Waals surface area contributed by atoms with Crippen molar-refractivity contribution in [3.8, 4) is 23.1 Å². The van der Waals surface area contributed by atoms with Gasteiger partial charge in [0, 0.05) is 34.6 Å². The van der Waals surface area contributed by atoms with E-state index in [9.17, 15) is 23.2 Å². The molecule has 3 aromatic heterocycles. The van der Waals surface area contributed by atoms with Crippen LogP contribution < -0.4 is 10.1 Å². The normalized spacial score (nSPS) is 11.6. The predicted molar refractivity (Wildman–Crippen MR) is 145 cm³/mol. The van der Waals surface area contributed by atoms with E-state index in [1.54, 1.807) is 60.5 Å². The molecule has 2 aromatic carbocycles. The van der Waals surface area contributed by atoms with Gasteiger partial charge in [-0.25, -0.2) is 14.8 Å². The first-order valence-electron chi connectivity index (χ1n) is 12.2. The Balaban J connectivity index is 0.000000517. The van der Waals surface area contributed by atoms with Crippen LogP contribution >= 0.6 is 0 Å². The second kappa shape index (κ2) is 12.6. The van der Waals surface area contributed by atoms with E-state index < -0.39 is 12.1 Å². The number of H-pyrrole nitrogens is 1. The topological polar surface area (TPSA) is 159 Å². The fourth-order valence-corrected chi connectivity index (χ4v) is 3.95. The summed E-state index contributed by atoms with van der Waals surface area (Å²) in [6.45, 7) is 0. The molecule has 1 amide bonds. The molecule has 214 valence electrons. The number of halogens is 3. The molecule has 5 aromatic rings. The van der Waals surface area contributed by atoms with Crippen molar-refractivity contribution in [3.05, 3.63) is 90.6 Å². The minimum Gasteiger partial charge on any atom is -0.497 e. The number of hydrogen-bond donors (Lipinski definition) is 3. The zero-order valence-electron chi connectivity index (χ0n) is 21.8. The van der Waals surface area contributed by atoms with Crippen molar-refractivity contribution in [2.75, 3.05) is 12.4 Å². The van der Waals surface area contributed by atoms with E-state index in [0.717, 1.165) is 27.9 Å². The summed E-state index contributed by atoms with van der Waals surface area (Å²) in [7, 11) is 1.59. The van der Waals surface area contributed by atoms with E-state index in [0.29, 0.717) is 17.0 Å². The van der Waals surface area contributed by atoms with Crippen molar-refractivity contribution in [2.24, 2.45) is 0 Å². The number of aromatic nitrogens is 5.